The van der Waals surface area contributed by atoms with Gasteiger partial charge in [0.05, 0.1) is 29.3 Å². The van der Waals surface area contributed by atoms with Crippen molar-refractivity contribution < 1.29 is 19.4 Å². The minimum absolute atomic E-state index is 0.186. The van der Waals surface area contributed by atoms with E-state index < -0.39 is 5.97 Å². The third kappa shape index (κ3) is 5.03. The van der Waals surface area contributed by atoms with Gasteiger partial charge in [-0.25, -0.2) is 4.79 Å². The van der Waals surface area contributed by atoms with E-state index in [0.717, 1.165) is 21.9 Å². The van der Waals surface area contributed by atoms with Gasteiger partial charge in [-0.3, -0.25) is 0 Å². The quantitative estimate of drug-likeness (QED) is 0.236. The van der Waals surface area contributed by atoms with E-state index in [4.69, 9.17) is 26.2 Å². The molecule has 0 unspecified atom stereocenters. The smallest absolute Gasteiger partial charge is 0.335 e. The summed E-state index contributed by atoms with van der Waals surface area (Å²) < 4.78 is 11.4. The molecule has 0 aliphatic carbocycles. The fourth-order valence-electron chi connectivity index (χ4n) is 3.57. The number of nitrogens with zero attached hydrogens (tertiary/aromatic N) is 1. The van der Waals surface area contributed by atoms with E-state index in [-0.39, 0.29) is 12.2 Å². The molecule has 0 aromatic heterocycles. The van der Waals surface area contributed by atoms with E-state index in [9.17, 15) is 10.1 Å². The van der Waals surface area contributed by atoms with Crippen LogP contribution in [0.25, 0.3) is 22.4 Å². The zero-order chi connectivity index (χ0) is 24.1. The predicted molar refractivity (Wildman–Crippen MR) is 133 cm³/mol. The first-order chi connectivity index (χ1) is 16.5. The molecule has 0 amide bonds. The molecule has 5 nitrogen and oxygen atoms in total. The first kappa shape index (κ1) is 22.9. The monoisotopic (exact) mass is 469 g/mol. The van der Waals surface area contributed by atoms with Crippen molar-refractivity contribution >= 4 is 40.0 Å². The molecule has 34 heavy (non-hydrogen) atoms. The van der Waals surface area contributed by atoms with Crippen LogP contribution in [0.4, 0.5) is 0 Å². The maximum atomic E-state index is 11.0. The van der Waals surface area contributed by atoms with Crippen molar-refractivity contribution in [3.63, 3.8) is 0 Å². The Morgan fingerprint density at radius 2 is 1.71 bits per heavy atom. The van der Waals surface area contributed by atoms with Gasteiger partial charge in [0, 0.05) is 0 Å². The number of carboxylic acids is 1. The van der Waals surface area contributed by atoms with Gasteiger partial charge in [-0.1, -0.05) is 60.1 Å². The fraction of sp³-hybridized carbons (Fsp3) is 0.0714. The molecular weight excluding hydrogens is 450 g/mol. The van der Waals surface area contributed by atoms with Crippen molar-refractivity contribution in [1.82, 2.24) is 0 Å². The van der Waals surface area contributed by atoms with Gasteiger partial charge in [-0.2, -0.15) is 5.26 Å². The lowest BCUT2D eigenvalue weighted by atomic mass is 10.00. The van der Waals surface area contributed by atoms with Crippen LogP contribution in [0.3, 0.4) is 0 Å². The molecule has 0 saturated heterocycles. The average Bonchev–Trinajstić information content (AvgIpc) is 2.86. The fourth-order valence-corrected chi connectivity index (χ4v) is 3.84. The van der Waals surface area contributed by atoms with Crippen LogP contribution in [0.15, 0.2) is 78.9 Å². The second-order valence-electron chi connectivity index (χ2n) is 7.56. The second kappa shape index (κ2) is 10.1. The SMILES string of the molecule is COc1cc(/C=C(/C#N)c2ccc3ccccc3c2)cc(Cl)c1OCc1ccc(C(=O)O)cc1. The summed E-state index contributed by atoms with van der Waals surface area (Å²) >= 11 is 6.50. The zero-order valence-electron chi connectivity index (χ0n) is 18.3. The Kier molecular flexibility index (Phi) is 6.82. The molecule has 4 aromatic rings. The molecule has 0 spiro atoms. The zero-order valence-corrected chi connectivity index (χ0v) is 19.0. The Morgan fingerprint density at radius 3 is 2.38 bits per heavy atom. The number of carbonyl (C=O) groups is 1. The van der Waals surface area contributed by atoms with Crippen molar-refractivity contribution in [2.75, 3.05) is 7.11 Å². The third-order valence-electron chi connectivity index (χ3n) is 5.33. The lowest BCUT2D eigenvalue weighted by Gasteiger charge is -2.14. The Hall–Kier alpha value is -4.27. The van der Waals surface area contributed by atoms with Gasteiger partial charge in [0.2, 0.25) is 0 Å². The lowest BCUT2D eigenvalue weighted by molar-refractivity contribution is 0.0697. The van der Waals surface area contributed by atoms with Gasteiger partial charge in [-0.05, 0) is 63.9 Å². The van der Waals surface area contributed by atoms with Crippen molar-refractivity contribution in [3.8, 4) is 17.6 Å². The van der Waals surface area contributed by atoms with Crippen LogP contribution >= 0.6 is 11.6 Å². The van der Waals surface area contributed by atoms with Gasteiger partial charge >= 0.3 is 5.97 Å². The average molecular weight is 470 g/mol. The van der Waals surface area contributed by atoms with Crippen molar-refractivity contribution in [3.05, 3.63) is 106 Å². The van der Waals surface area contributed by atoms with Crippen LogP contribution in [-0.2, 0) is 6.61 Å². The van der Waals surface area contributed by atoms with Gasteiger partial charge in [-0.15, -0.1) is 0 Å². The molecule has 168 valence electrons. The van der Waals surface area contributed by atoms with Crippen molar-refractivity contribution in [2.45, 2.75) is 6.61 Å². The van der Waals surface area contributed by atoms with Gasteiger partial charge in [0.25, 0.3) is 0 Å². The number of rotatable bonds is 7. The molecule has 4 rings (SSSR count). The van der Waals surface area contributed by atoms with Crippen molar-refractivity contribution in [2.24, 2.45) is 0 Å². The Balaban J connectivity index is 1.60. The number of nitriles is 1. The molecule has 0 heterocycles. The van der Waals surface area contributed by atoms with E-state index in [1.54, 1.807) is 30.3 Å². The summed E-state index contributed by atoms with van der Waals surface area (Å²) in [6.07, 6.45) is 1.76. The normalized spacial score (nSPS) is 11.1. The molecule has 0 fully saturated rings. The summed E-state index contributed by atoms with van der Waals surface area (Å²) in [5.41, 5.74) is 2.99. The first-order valence-corrected chi connectivity index (χ1v) is 10.8. The summed E-state index contributed by atoms with van der Waals surface area (Å²) in [6, 6.07) is 26.0. The number of methoxy groups -OCH3 is 1. The highest BCUT2D eigenvalue weighted by Gasteiger charge is 2.13. The molecule has 0 saturated carbocycles. The first-order valence-electron chi connectivity index (χ1n) is 10.4. The molecule has 1 N–H and O–H groups in total. The number of aromatic carboxylic acids is 1. The van der Waals surface area contributed by atoms with Crippen LogP contribution in [0.1, 0.15) is 27.0 Å². The Morgan fingerprint density at radius 1 is 1.00 bits per heavy atom. The molecule has 0 aliphatic rings. The molecule has 4 aromatic carbocycles. The van der Waals surface area contributed by atoms with E-state index in [0.29, 0.717) is 27.7 Å². The highest BCUT2D eigenvalue weighted by Crippen LogP contribution is 2.38. The molecular formula is C28H20ClNO4. The minimum Gasteiger partial charge on any atom is -0.493 e. The summed E-state index contributed by atoms with van der Waals surface area (Å²) in [6.45, 7) is 0.186. The number of carboxylic acid groups (broad SMARTS) is 1. The van der Waals surface area contributed by atoms with Crippen LogP contribution in [-0.4, -0.2) is 18.2 Å². The van der Waals surface area contributed by atoms with E-state index >= 15 is 0 Å². The minimum atomic E-state index is -0.985. The highest BCUT2D eigenvalue weighted by atomic mass is 35.5. The Bertz CT molecular complexity index is 1440. The Labute approximate surface area is 202 Å². The number of allylic oxidation sites excluding steroid dienone is 1. The highest BCUT2D eigenvalue weighted by molar-refractivity contribution is 6.32. The molecule has 0 radical (unpaired) electrons. The molecule has 0 bridgehead atoms. The third-order valence-corrected chi connectivity index (χ3v) is 5.61. The standard InChI is InChI=1S/C28H20ClNO4/c1-33-26-14-19(12-24(16-30)23-11-10-20-4-2-3-5-22(20)15-23)13-25(29)27(26)34-17-18-6-8-21(9-7-18)28(31)32/h2-15H,17H2,1H3,(H,31,32)/b24-12-. The number of fused-ring (bicyclic) bond motifs is 1. The number of hydrogen-bond donors (Lipinski definition) is 1. The number of ether oxygens (including phenoxy) is 2. The number of halogens is 1. The van der Waals surface area contributed by atoms with Crippen molar-refractivity contribution in [1.29, 1.82) is 5.26 Å². The molecule has 0 atom stereocenters. The summed E-state index contributed by atoms with van der Waals surface area (Å²) in [7, 11) is 1.52. The summed E-state index contributed by atoms with van der Waals surface area (Å²) in [5, 5.41) is 21.3. The molecule has 0 aliphatic heterocycles. The lowest BCUT2D eigenvalue weighted by Crippen LogP contribution is -2.00. The van der Waals surface area contributed by atoms with Crippen LogP contribution < -0.4 is 9.47 Å². The van der Waals surface area contributed by atoms with E-state index in [1.807, 2.05) is 42.5 Å². The van der Waals surface area contributed by atoms with Crippen LogP contribution in [0.2, 0.25) is 5.02 Å². The van der Waals surface area contributed by atoms with Gasteiger partial charge < -0.3 is 14.6 Å². The maximum Gasteiger partial charge on any atom is 0.335 e. The maximum absolute atomic E-state index is 11.0. The van der Waals surface area contributed by atoms with Gasteiger partial charge in [0.15, 0.2) is 11.5 Å². The number of benzene rings is 4. The van der Waals surface area contributed by atoms with Gasteiger partial charge in [0.1, 0.15) is 6.61 Å². The summed E-state index contributed by atoms with van der Waals surface area (Å²) in [4.78, 5) is 11.0. The topological polar surface area (TPSA) is 79.5 Å². The number of hydrogen-bond acceptors (Lipinski definition) is 4. The van der Waals surface area contributed by atoms with Crippen LogP contribution in [0.5, 0.6) is 11.5 Å². The van der Waals surface area contributed by atoms with E-state index in [1.165, 1.54) is 19.2 Å². The predicted octanol–water partition coefficient (Wildman–Crippen LogP) is 6.84. The largest absolute Gasteiger partial charge is 0.493 e. The summed E-state index contributed by atoms with van der Waals surface area (Å²) in [5.74, 6) is -0.189. The second-order valence-corrected chi connectivity index (χ2v) is 7.96. The molecule has 6 heteroatoms. The van der Waals surface area contributed by atoms with E-state index in [2.05, 4.69) is 6.07 Å². The van der Waals surface area contributed by atoms with Crippen LogP contribution in [0, 0.1) is 11.3 Å².